The van der Waals surface area contributed by atoms with Crippen molar-refractivity contribution >= 4 is 23.2 Å². The minimum Gasteiger partial charge on any atom is -1.00 e. The van der Waals surface area contributed by atoms with Crippen molar-refractivity contribution in [3.8, 4) is 11.4 Å². The molecule has 0 N–H and O–H groups in total. The van der Waals surface area contributed by atoms with Gasteiger partial charge < -0.3 is 24.0 Å². The molecule has 0 aliphatic heterocycles. The molecule has 0 spiro atoms. The standard InChI is InChI=1S/C26H22N4P.HI/c1-5-13-22(14-6-1)26-27-28-29-30(26)21-31(23-15-7-2-8-16-23,24-17-9-3-10-18-24)25-19-11-4-12-20-25;/h1-20H,21H2;1H/q+1;/p-1. The molecule has 0 radical (unpaired) electrons. The Labute approximate surface area is 205 Å². The molecule has 0 amide bonds. The summed E-state index contributed by atoms with van der Waals surface area (Å²) in [7, 11) is -2.07. The van der Waals surface area contributed by atoms with Crippen LogP contribution in [0.2, 0.25) is 0 Å². The predicted octanol–water partition coefficient (Wildman–Crippen LogP) is 1.30. The zero-order valence-electron chi connectivity index (χ0n) is 17.4. The van der Waals surface area contributed by atoms with Crippen molar-refractivity contribution in [3.63, 3.8) is 0 Å². The number of nitrogens with zero attached hydrogens (tertiary/aromatic N) is 4. The van der Waals surface area contributed by atoms with Crippen molar-refractivity contribution in [2.24, 2.45) is 0 Å². The highest BCUT2D eigenvalue weighted by atomic mass is 127. The van der Waals surface area contributed by atoms with Crippen molar-refractivity contribution in [2.45, 2.75) is 6.29 Å². The van der Waals surface area contributed by atoms with Crippen molar-refractivity contribution in [1.82, 2.24) is 20.2 Å². The van der Waals surface area contributed by atoms with Gasteiger partial charge in [-0.05, 0) is 46.8 Å². The van der Waals surface area contributed by atoms with Gasteiger partial charge in [-0.25, -0.2) is 0 Å². The van der Waals surface area contributed by atoms with E-state index in [0.29, 0.717) is 6.29 Å². The molecule has 1 aromatic heterocycles. The lowest BCUT2D eigenvalue weighted by molar-refractivity contribution is -0.00000615. The molecule has 32 heavy (non-hydrogen) atoms. The zero-order valence-corrected chi connectivity index (χ0v) is 20.4. The molecule has 0 saturated carbocycles. The van der Waals surface area contributed by atoms with E-state index in [0.717, 1.165) is 11.4 Å². The van der Waals surface area contributed by atoms with Gasteiger partial charge in [0.15, 0.2) is 12.1 Å². The SMILES string of the molecule is [I-].c1ccc(-c2nnnn2C[P+](c2ccccc2)(c2ccccc2)c2ccccc2)cc1. The second kappa shape index (κ2) is 10.2. The number of hydrogen-bond donors (Lipinski definition) is 0. The summed E-state index contributed by atoms with van der Waals surface area (Å²) in [6.07, 6.45) is 0.683. The van der Waals surface area contributed by atoms with E-state index in [1.165, 1.54) is 15.9 Å². The van der Waals surface area contributed by atoms with Crippen LogP contribution >= 0.6 is 7.26 Å². The molecule has 5 aromatic rings. The summed E-state index contributed by atoms with van der Waals surface area (Å²) in [5, 5.41) is 16.8. The van der Waals surface area contributed by atoms with Crippen LogP contribution in [-0.2, 0) is 6.29 Å². The van der Waals surface area contributed by atoms with Crippen molar-refractivity contribution < 1.29 is 24.0 Å². The van der Waals surface area contributed by atoms with Crippen LogP contribution in [0.25, 0.3) is 11.4 Å². The molecular formula is C26H22IN4P. The summed E-state index contributed by atoms with van der Waals surface area (Å²) in [4.78, 5) is 0. The average Bonchev–Trinajstić information content (AvgIpc) is 3.33. The van der Waals surface area contributed by atoms with E-state index in [-0.39, 0.29) is 24.0 Å². The molecule has 4 nitrogen and oxygen atoms in total. The van der Waals surface area contributed by atoms with Gasteiger partial charge in [0, 0.05) is 5.56 Å². The molecule has 6 heteroatoms. The van der Waals surface area contributed by atoms with Gasteiger partial charge >= 0.3 is 0 Å². The van der Waals surface area contributed by atoms with E-state index in [4.69, 9.17) is 0 Å². The first kappa shape index (κ1) is 22.3. The number of tetrazole rings is 1. The maximum Gasteiger partial charge on any atom is 0.185 e. The summed E-state index contributed by atoms with van der Waals surface area (Å²) in [6.45, 7) is 0. The lowest BCUT2D eigenvalue weighted by Crippen LogP contribution is -3.00. The van der Waals surface area contributed by atoms with Gasteiger partial charge in [-0.15, -0.1) is 5.10 Å². The van der Waals surface area contributed by atoms with Gasteiger partial charge in [0.1, 0.15) is 23.2 Å². The van der Waals surface area contributed by atoms with Crippen LogP contribution in [0.5, 0.6) is 0 Å². The topological polar surface area (TPSA) is 43.6 Å². The monoisotopic (exact) mass is 548 g/mol. The van der Waals surface area contributed by atoms with Crippen LogP contribution in [0.15, 0.2) is 121 Å². The molecule has 158 valence electrons. The molecule has 5 rings (SSSR count). The molecule has 0 bridgehead atoms. The quantitative estimate of drug-likeness (QED) is 0.238. The van der Waals surface area contributed by atoms with E-state index in [1.807, 2.05) is 22.9 Å². The highest BCUT2D eigenvalue weighted by Gasteiger charge is 2.46. The lowest BCUT2D eigenvalue weighted by atomic mass is 10.2. The van der Waals surface area contributed by atoms with Gasteiger partial charge in [-0.3, -0.25) is 0 Å². The molecule has 0 aliphatic rings. The minimum atomic E-state index is -2.07. The smallest absolute Gasteiger partial charge is 0.185 e. The van der Waals surface area contributed by atoms with Crippen molar-refractivity contribution in [3.05, 3.63) is 121 Å². The molecular weight excluding hydrogens is 526 g/mol. The Morgan fingerprint density at radius 3 is 1.41 bits per heavy atom. The third kappa shape index (κ3) is 4.23. The fourth-order valence-electron chi connectivity index (χ4n) is 4.03. The Balaban J connectivity index is 0.00000245. The molecule has 0 unspecified atom stereocenters. The van der Waals surface area contributed by atoms with E-state index >= 15 is 0 Å². The summed E-state index contributed by atoms with van der Waals surface area (Å²) in [5.74, 6) is 0.785. The largest absolute Gasteiger partial charge is 1.00 e. The first-order valence-corrected chi connectivity index (χ1v) is 12.2. The first-order chi connectivity index (χ1) is 15.4. The first-order valence-electron chi connectivity index (χ1n) is 10.2. The van der Waals surface area contributed by atoms with Gasteiger partial charge in [-0.2, -0.15) is 4.68 Å². The molecule has 0 saturated heterocycles. The number of halogens is 1. The van der Waals surface area contributed by atoms with E-state index in [2.05, 4.69) is 119 Å². The second-order valence-electron chi connectivity index (χ2n) is 7.33. The highest BCUT2D eigenvalue weighted by Crippen LogP contribution is 2.56. The fourth-order valence-corrected chi connectivity index (χ4v) is 8.05. The maximum atomic E-state index is 4.44. The molecule has 4 aromatic carbocycles. The second-order valence-corrected chi connectivity index (χ2v) is 10.8. The van der Waals surface area contributed by atoms with E-state index in [9.17, 15) is 0 Å². The van der Waals surface area contributed by atoms with Gasteiger partial charge in [0.05, 0.1) is 0 Å². The summed E-state index contributed by atoms with van der Waals surface area (Å²) in [5.41, 5.74) is 1.01. The van der Waals surface area contributed by atoms with Crippen LogP contribution in [0.3, 0.4) is 0 Å². The van der Waals surface area contributed by atoms with E-state index in [1.54, 1.807) is 0 Å². The Hall–Kier alpha value is -2.89. The van der Waals surface area contributed by atoms with Crippen LogP contribution in [0.1, 0.15) is 0 Å². The van der Waals surface area contributed by atoms with Crippen LogP contribution in [0, 0.1) is 0 Å². The average molecular weight is 548 g/mol. The van der Waals surface area contributed by atoms with Gasteiger partial charge in [0.25, 0.3) is 0 Å². The number of benzene rings is 4. The number of aromatic nitrogens is 4. The van der Waals surface area contributed by atoms with Crippen LogP contribution in [-0.4, -0.2) is 20.2 Å². The molecule has 0 aliphatic carbocycles. The number of hydrogen-bond acceptors (Lipinski definition) is 3. The van der Waals surface area contributed by atoms with E-state index < -0.39 is 7.26 Å². The fraction of sp³-hybridized carbons (Fsp3) is 0.0385. The van der Waals surface area contributed by atoms with Crippen molar-refractivity contribution in [2.75, 3.05) is 0 Å². The van der Waals surface area contributed by atoms with Gasteiger partial charge in [-0.1, -0.05) is 84.9 Å². The normalized spacial score (nSPS) is 11.0. The van der Waals surface area contributed by atoms with Crippen LogP contribution in [0.4, 0.5) is 0 Å². The Morgan fingerprint density at radius 1 is 0.562 bits per heavy atom. The summed E-state index contributed by atoms with van der Waals surface area (Å²) in [6, 6.07) is 42.5. The lowest BCUT2D eigenvalue weighted by Gasteiger charge is -2.27. The Kier molecular flexibility index (Phi) is 7.08. The third-order valence-corrected chi connectivity index (χ3v) is 9.73. The summed E-state index contributed by atoms with van der Waals surface area (Å²) < 4.78 is 1.97. The predicted molar refractivity (Wildman–Crippen MR) is 128 cm³/mol. The maximum absolute atomic E-state index is 4.44. The van der Waals surface area contributed by atoms with Crippen molar-refractivity contribution in [1.29, 1.82) is 0 Å². The highest BCUT2D eigenvalue weighted by molar-refractivity contribution is 7.94. The van der Waals surface area contributed by atoms with Crippen LogP contribution < -0.4 is 39.9 Å². The minimum absolute atomic E-state index is 0. The molecule has 0 atom stereocenters. The summed E-state index contributed by atoms with van der Waals surface area (Å²) >= 11 is 0. The number of rotatable bonds is 6. The van der Waals surface area contributed by atoms with Gasteiger partial charge in [0.2, 0.25) is 0 Å². The third-order valence-electron chi connectivity index (χ3n) is 5.50. The molecule has 0 fully saturated rings. The molecule has 1 heterocycles. The Bertz CT molecular complexity index is 1150. The zero-order chi connectivity index (χ0) is 20.9. The Morgan fingerprint density at radius 2 is 0.969 bits per heavy atom.